The summed E-state index contributed by atoms with van der Waals surface area (Å²) in [6, 6.07) is 7.41. The summed E-state index contributed by atoms with van der Waals surface area (Å²) in [7, 11) is 1.64. The number of halogens is 1. The van der Waals surface area contributed by atoms with Crippen molar-refractivity contribution in [2.45, 2.75) is 32.9 Å². The Bertz CT molecular complexity index is 595. The molecule has 2 N–H and O–H groups in total. The number of nitrogens with zero attached hydrogens (tertiary/aromatic N) is 2. The highest BCUT2D eigenvalue weighted by atomic mass is 35.5. The maximum atomic E-state index is 6.33. The van der Waals surface area contributed by atoms with Gasteiger partial charge in [0, 0.05) is 35.3 Å². The van der Waals surface area contributed by atoms with Crippen LogP contribution >= 0.6 is 11.6 Å². The second-order valence-electron chi connectivity index (χ2n) is 4.79. The number of benzene rings is 1. The van der Waals surface area contributed by atoms with Gasteiger partial charge < -0.3 is 10.5 Å². The zero-order valence-electron chi connectivity index (χ0n) is 12.1. The van der Waals surface area contributed by atoms with Crippen LogP contribution in [0, 0.1) is 6.92 Å². The quantitative estimate of drug-likeness (QED) is 0.921. The van der Waals surface area contributed by atoms with E-state index in [1.54, 1.807) is 13.2 Å². The largest absolute Gasteiger partial charge is 0.496 e. The lowest BCUT2D eigenvalue weighted by Gasteiger charge is -2.16. The standard InChI is InChI=1S/C15H20ClN3O/c1-4-19-12(7-10(2)18-19)9-14(17)13-8-11(16)5-6-15(13)20-3/h5-8,14H,4,9,17H2,1-3H3. The third-order valence-electron chi connectivity index (χ3n) is 3.31. The van der Waals surface area contributed by atoms with Crippen LogP contribution in [0.4, 0.5) is 0 Å². The van der Waals surface area contributed by atoms with E-state index in [2.05, 4.69) is 18.1 Å². The predicted octanol–water partition coefficient (Wildman–Crippen LogP) is 3.12. The minimum absolute atomic E-state index is 0.176. The van der Waals surface area contributed by atoms with E-state index in [9.17, 15) is 0 Å². The minimum Gasteiger partial charge on any atom is -0.496 e. The lowest BCUT2D eigenvalue weighted by Crippen LogP contribution is -2.17. The van der Waals surface area contributed by atoms with Crippen LogP contribution in [0.1, 0.15) is 29.9 Å². The molecule has 0 saturated heterocycles. The number of aryl methyl sites for hydroxylation is 2. The van der Waals surface area contributed by atoms with Crippen molar-refractivity contribution in [3.8, 4) is 5.75 Å². The average molecular weight is 294 g/mol. The molecule has 108 valence electrons. The first-order chi connectivity index (χ1) is 9.55. The number of rotatable bonds is 5. The second kappa shape index (κ2) is 6.29. The first-order valence-corrected chi connectivity index (χ1v) is 7.05. The van der Waals surface area contributed by atoms with Gasteiger partial charge >= 0.3 is 0 Å². The van der Waals surface area contributed by atoms with Crippen molar-refractivity contribution in [1.29, 1.82) is 0 Å². The molecule has 0 bridgehead atoms. The molecule has 1 aromatic heterocycles. The van der Waals surface area contributed by atoms with E-state index in [-0.39, 0.29) is 6.04 Å². The van der Waals surface area contributed by atoms with Crippen LogP contribution in [0.2, 0.25) is 5.02 Å². The molecule has 2 aromatic rings. The number of hydrogen-bond donors (Lipinski definition) is 1. The van der Waals surface area contributed by atoms with Gasteiger partial charge in [0.1, 0.15) is 5.75 Å². The van der Waals surface area contributed by atoms with Crippen LogP contribution in [0.3, 0.4) is 0 Å². The average Bonchev–Trinajstić information content (AvgIpc) is 2.78. The van der Waals surface area contributed by atoms with Gasteiger partial charge in [0.2, 0.25) is 0 Å². The molecule has 1 aromatic carbocycles. The first kappa shape index (κ1) is 14.9. The lowest BCUT2D eigenvalue weighted by atomic mass is 10.0. The van der Waals surface area contributed by atoms with Gasteiger partial charge in [-0.15, -0.1) is 0 Å². The molecule has 0 radical (unpaired) electrons. The van der Waals surface area contributed by atoms with Gasteiger partial charge in [-0.3, -0.25) is 4.68 Å². The maximum absolute atomic E-state index is 6.33. The van der Waals surface area contributed by atoms with Gasteiger partial charge in [-0.25, -0.2) is 0 Å². The summed E-state index contributed by atoms with van der Waals surface area (Å²) in [5.41, 5.74) is 9.37. The number of aromatic nitrogens is 2. The molecule has 0 amide bonds. The van der Waals surface area contributed by atoms with Gasteiger partial charge in [0.25, 0.3) is 0 Å². The number of ether oxygens (including phenoxy) is 1. The summed E-state index contributed by atoms with van der Waals surface area (Å²) in [5, 5.41) is 5.10. The Balaban J connectivity index is 2.27. The maximum Gasteiger partial charge on any atom is 0.123 e. The highest BCUT2D eigenvalue weighted by Crippen LogP contribution is 2.29. The van der Waals surface area contributed by atoms with Gasteiger partial charge in [0.15, 0.2) is 0 Å². The lowest BCUT2D eigenvalue weighted by molar-refractivity contribution is 0.405. The van der Waals surface area contributed by atoms with Crippen LogP contribution < -0.4 is 10.5 Å². The van der Waals surface area contributed by atoms with Crippen molar-refractivity contribution in [3.63, 3.8) is 0 Å². The van der Waals surface area contributed by atoms with Crippen LogP contribution in [0.5, 0.6) is 5.75 Å². The highest BCUT2D eigenvalue weighted by Gasteiger charge is 2.16. The smallest absolute Gasteiger partial charge is 0.123 e. The Hall–Kier alpha value is -1.52. The normalized spacial score (nSPS) is 12.4. The molecule has 1 atom stereocenters. The summed E-state index contributed by atoms with van der Waals surface area (Å²) < 4.78 is 7.34. The molecule has 0 saturated carbocycles. The predicted molar refractivity (Wildman–Crippen MR) is 81.3 cm³/mol. The molecular formula is C15H20ClN3O. The van der Waals surface area contributed by atoms with Crippen LogP contribution in [-0.2, 0) is 13.0 Å². The second-order valence-corrected chi connectivity index (χ2v) is 5.23. The van der Waals surface area contributed by atoms with Crippen molar-refractivity contribution >= 4 is 11.6 Å². The molecule has 2 rings (SSSR count). The van der Waals surface area contributed by atoms with Gasteiger partial charge in [-0.05, 0) is 38.1 Å². The third kappa shape index (κ3) is 3.14. The van der Waals surface area contributed by atoms with Gasteiger partial charge in [0.05, 0.1) is 12.8 Å². The third-order valence-corrected chi connectivity index (χ3v) is 3.54. The SMILES string of the molecule is CCn1nc(C)cc1CC(N)c1cc(Cl)ccc1OC. The Morgan fingerprint density at radius 1 is 1.40 bits per heavy atom. The molecule has 0 aliphatic rings. The van der Waals surface area contributed by atoms with E-state index in [0.717, 1.165) is 29.2 Å². The molecule has 1 heterocycles. The fourth-order valence-corrected chi connectivity index (χ4v) is 2.55. The van der Waals surface area contributed by atoms with Crippen molar-refractivity contribution in [1.82, 2.24) is 9.78 Å². The molecule has 5 heteroatoms. The fourth-order valence-electron chi connectivity index (χ4n) is 2.37. The molecule has 0 aliphatic carbocycles. The molecule has 0 aliphatic heterocycles. The van der Waals surface area contributed by atoms with Crippen LogP contribution in [-0.4, -0.2) is 16.9 Å². The Kier molecular flexibility index (Phi) is 4.68. The van der Waals surface area contributed by atoms with Crippen LogP contribution in [0.25, 0.3) is 0 Å². The van der Waals surface area contributed by atoms with E-state index in [1.165, 1.54) is 0 Å². The highest BCUT2D eigenvalue weighted by molar-refractivity contribution is 6.30. The van der Waals surface area contributed by atoms with Crippen LogP contribution in [0.15, 0.2) is 24.3 Å². The molecular weight excluding hydrogens is 274 g/mol. The van der Waals surface area contributed by atoms with E-state index in [0.29, 0.717) is 11.4 Å². The summed E-state index contributed by atoms with van der Waals surface area (Å²) in [6.45, 7) is 4.89. The Labute approximate surface area is 124 Å². The molecule has 20 heavy (non-hydrogen) atoms. The number of nitrogens with two attached hydrogens (primary N) is 1. The number of hydrogen-bond acceptors (Lipinski definition) is 3. The van der Waals surface area contributed by atoms with E-state index < -0.39 is 0 Å². The first-order valence-electron chi connectivity index (χ1n) is 6.67. The van der Waals surface area contributed by atoms with Crippen molar-refractivity contribution in [2.24, 2.45) is 5.73 Å². The van der Waals surface area contributed by atoms with Crippen molar-refractivity contribution in [2.75, 3.05) is 7.11 Å². The zero-order chi connectivity index (χ0) is 14.7. The summed E-state index contributed by atoms with van der Waals surface area (Å²) in [5.74, 6) is 0.765. The van der Waals surface area contributed by atoms with E-state index in [1.807, 2.05) is 23.7 Å². The van der Waals surface area contributed by atoms with Crippen molar-refractivity contribution < 1.29 is 4.74 Å². The van der Waals surface area contributed by atoms with Crippen molar-refractivity contribution in [3.05, 3.63) is 46.2 Å². The fraction of sp³-hybridized carbons (Fsp3) is 0.400. The van der Waals surface area contributed by atoms with Gasteiger partial charge in [-0.2, -0.15) is 5.10 Å². The molecule has 1 unspecified atom stereocenters. The molecule has 0 fully saturated rings. The monoisotopic (exact) mass is 293 g/mol. The number of methoxy groups -OCH3 is 1. The van der Waals surface area contributed by atoms with E-state index in [4.69, 9.17) is 22.1 Å². The Morgan fingerprint density at radius 2 is 2.15 bits per heavy atom. The summed E-state index contributed by atoms with van der Waals surface area (Å²) in [4.78, 5) is 0. The molecule has 0 spiro atoms. The summed E-state index contributed by atoms with van der Waals surface area (Å²) >= 11 is 6.05. The Morgan fingerprint density at radius 3 is 2.80 bits per heavy atom. The van der Waals surface area contributed by atoms with E-state index >= 15 is 0 Å². The summed E-state index contributed by atoms with van der Waals surface area (Å²) in [6.07, 6.45) is 0.700. The topological polar surface area (TPSA) is 53.1 Å². The minimum atomic E-state index is -0.176. The zero-order valence-corrected chi connectivity index (χ0v) is 12.8. The van der Waals surface area contributed by atoms with Gasteiger partial charge in [-0.1, -0.05) is 11.6 Å². The molecule has 4 nitrogen and oxygen atoms in total.